The summed E-state index contributed by atoms with van der Waals surface area (Å²) in [7, 11) is 0. The summed E-state index contributed by atoms with van der Waals surface area (Å²) in [4.78, 5) is 0. The van der Waals surface area contributed by atoms with Crippen LogP contribution in [0.1, 0.15) is 16.7 Å². The lowest BCUT2D eigenvalue weighted by atomic mass is 10.1. The molecule has 0 fully saturated rings. The molecule has 0 amide bonds. The molecule has 0 aliphatic heterocycles. The lowest BCUT2D eigenvalue weighted by molar-refractivity contribution is 0.476. The fourth-order valence-electron chi connectivity index (χ4n) is 1.74. The Labute approximate surface area is 111 Å². The van der Waals surface area contributed by atoms with Gasteiger partial charge in [0.1, 0.15) is 17.3 Å². The van der Waals surface area contributed by atoms with Crippen molar-refractivity contribution in [1.29, 1.82) is 0 Å². The van der Waals surface area contributed by atoms with E-state index in [1.165, 1.54) is 12.1 Å². The topological polar surface area (TPSA) is 9.23 Å². The van der Waals surface area contributed by atoms with E-state index in [0.29, 0.717) is 11.6 Å². The van der Waals surface area contributed by atoms with Crippen molar-refractivity contribution in [2.45, 2.75) is 19.7 Å². The molecule has 3 heteroatoms. The Balaban J connectivity index is 2.26. The number of halogens is 2. The van der Waals surface area contributed by atoms with E-state index < -0.39 is 0 Å². The molecule has 2 rings (SSSR count). The van der Waals surface area contributed by atoms with Gasteiger partial charge in [-0.1, -0.05) is 6.07 Å². The van der Waals surface area contributed by atoms with E-state index in [0.717, 1.165) is 22.4 Å². The number of aryl methyl sites for hydroxylation is 2. The zero-order chi connectivity index (χ0) is 13.1. The molecule has 2 aromatic carbocycles. The molecule has 0 aromatic heterocycles. The normalized spacial score (nSPS) is 10.4. The predicted molar refractivity (Wildman–Crippen MR) is 71.9 cm³/mol. The first-order chi connectivity index (χ1) is 8.60. The summed E-state index contributed by atoms with van der Waals surface area (Å²) in [6.45, 7) is 3.81. The van der Waals surface area contributed by atoms with Crippen molar-refractivity contribution >= 4 is 11.6 Å². The Kier molecular flexibility index (Phi) is 3.87. The molecule has 0 spiro atoms. The molecular formula is C15H14ClFO. The second-order valence-electron chi connectivity index (χ2n) is 4.23. The first-order valence-corrected chi connectivity index (χ1v) is 6.23. The van der Waals surface area contributed by atoms with E-state index in [1.54, 1.807) is 6.07 Å². The maximum Gasteiger partial charge on any atom is 0.130 e. The van der Waals surface area contributed by atoms with E-state index in [4.69, 9.17) is 16.3 Å². The molecule has 0 saturated heterocycles. The minimum atomic E-state index is -0.256. The maximum atomic E-state index is 13.0. The number of ether oxygens (including phenoxy) is 1. The molecular weight excluding hydrogens is 251 g/mol. The highest BCUT2D eigenvalue weighted by Gasteiger charge is 2.04. The van der Waals surface area contributed by atoms with Gasteiger partial charge in [0.15, 0.2) is 0 Å². The third-order valence-electron chi connectivity index (χ3n) is 2.82. The summed E-state index contributed by atoms with van der Waals surface area (Å²) in [5, 5.41) is 0. The van der Waals surface area contributed by atoms with Gasteiger partial charge in [0.2, 0.25) is 0 Å². The number of hydrogen-bond acceptors (Lipinski definition) is 1. The smallest absolute Gasteiger partial charge is 0.130 e. The molecule has 0 bridgehead atoms. The van der Waals surface area contributed by atoms with Gasteiger partial charge in [0, 0.05) is 5.88 Å². The molecule has 1 nitrogen and oxygen atoms in total. The van der Waals surface area contributed by atoms with Gasteiger partial charge in [-0.2, -0.15) is 0 Å². The molecule has 0 N–H and O–H groups in total. The molecule has 0 heterocycles. The first-order valence-electron chi connectivity index (χ1n) is 5.69. The summed E-state index contributed by atoms with van der Waals surface area (Å²) < 4.78 is 18.7. The molecule has 18 heavy (non-hydrogen) atoms. The third kappa shape index (κ3) is 2.82. The van der Waals surface area contributed by atoms with Gasteiger partial charge in [-0.25, -0.2) is 4.39 Å². The number of rotatable bonds is 3. The van der Waals surface area contributed by atoms with Gasteiger partial charge in [-0.05, 0) is 60.9 Å². The van der Waals surface area contributed by atoms with Crippen LogP contribution in [0, 0.1) is 19.7 Å². The van der Waals surface area contributed by atoms with Gasteiger partial charge in [0.25, 0.3) is 0 Å². The average Bonchev–Trinajstić information content (AvgIpc) is 2.33. The summed E-state index contributed by atoms with van der Waals surface area (Å²) in [6.07, 6.45) is 0. The number of benzene rings is 2. The Morgan fingerprint density at radius 2 is 1.83 bits per heavy atom. The molecule has 2 aromatic rings. The molecule has 0 radical (unpaired) electrons. The molecule has 94 valence electrons. The highest BCUT2D eigenvalue weighted by Crippen LogP contribution is 2.27. The summed E-state index contributed by atoms with van der Waals surface area (Å²) in [5.74, 6) is 1.63. The lowest BCUT2D eigenvalue weighted by Crippen LogP contribution is -1.91. The highest BCUT2D eigenvalue weighted by molar-refractivity contribution is 6.17. The minimum absolute atomic E-state index is 0.256. The van der Waals surface area contributed by atoms with E-state index in [9.17, 15) is 4.39 Å². The quantitative estimate of drug-likeness (QED) is 0.711. The summed E-state index contributed by atoms with van der Waals surface area (Å²) >= 11 is 5.80. The predicted octanol–water partition coefficient (Wildman–Crippen LogP) is 4.97. The molecule has 0 unspecified atom stereocenters. The lowest BCUT2D eigenvalue weighted by Gasteiger charge is -2.10. The van der Waals surface area contributed by atoms with Crippen LogP contribution in [0.2, 0.25) is 0 Å². The SMILES string of the molecule is Cc1cc(Oc2ccc(F)cc2C)ccc1CCl. The average molecular weight is 265 g/mol. The Bertz CT molecular complexity index is 566. The Hall–Kier alpha value is -1.54. The van der Waals surface area contributed by atoms with Crippen molar-refractivity contribution in [3.8, 4) is 11.5 Å². The Morgan fingerprint density at radius 3 is 2.44 bits per heavy atom. The van der Waals surface area contributed by atoms with Crippen molar-refractivity contribution in [2.24, 2.45) is 0 Å². The fourth-order valence-corrected chi connectivity index (χ4v) is 2.04. The summed E-state index contributed by atoms with van der Waals surface area (Å²) in [5.41, 5.74) is 2.94. The van der Waals surface area contributed by atoms with E-state index in [2.05, 4.69) is 0 Å². The third-order valence-corrected chi connectivity index (χ3v) is 3.11. The summed E-state index contributed by atoms with van der Waals surface area (Å²) in [6, 6.07) is 10.2. The van der Waals surface area contributed by atoms with Crippen molar-refractivity contribution in [2.75, 3.05) is 0 Å². The number of hydrogen-bond donors (Lipinski definition) is 0. The monoisotopic (exact) mass is 264 g/mol. The van der Waals surface area contributed by atoms with Gasteiger partial charge in [-0.3, -0.25) is 0 Å². The zero-order valence-electron chi connectivity index (χ0n) is 10.3. The van der Waals surface area contributed by atoms with Crippen LogP contribution in [-0.4, -0.2) is 0 Å². The number of alkyl halides is 1. The van der Waals surface area contributed by atoms with Crippen LogP contribution in [0.15, 0.2) is 36.4 Å². The van der Waals surface area contributed by atoms with Gasteiger partial charge in [-0.15, -0.1) is 11.6 Å². The van der Waals surface area contributed by atoms with Crippen LogP contribution in [0.25, 0.3) is 0 Å². The molecule has 0 aliphatic rings. The first kappa shape index (κ1) is 12.9. The van der Waals surface area contributed by atoms with Crippen LogP contribution in [0.5, 0.6) is 11.5 Å². The zero-order valence-corrected chi connectivity index (χ0v) is 11.1. The van der Waals surface area contributed by atoms with Crippen molar-refractivity contribution in [3.63, 3.8) is 0 Å². The molecule has 0 saturated carbocycles. The molecule has 0 atom stereocenters. The van der Waals surface area contributed by atoms with E-state index in [1.807, 2.05) is 32.0 Å². The van der Waals surface area contributed by atoms with Gasteiger partial charge in [0.05, 0.1) is 0 Å². The Morgan fingerprint density at radius 1 is 1.06 bits per heavy atom. The second-order valence-corrected chi connectivity index (χ2v) is 4.50. The highest BCUT2D eigenvalue weighted by atomic mass is 35.5. The van der Waals surface area contributed by atoms with E-state index >= 15 is 0 Å². The van der Waals surface area contributed by atoms with Crippen LogP contribution in [-0.2, 0) is 5.88 Å². The van der Waals surface area contributed by atoms with Crippen molar-refractivity contribution in [3.05, 3.63) is 58.9 Å². The minimum Gasteiger partial charge on any atom is -0.457 e. The van der Waals surface area contributed by atoms with Crippen LogP contribution in [0.3, 0.4) is 0 Å². The van der Waals surface area contributed by atoms with Gasteiger partial charge < -0.3 is 4.74 Å². The largest absolute Gasteiger partial charge is 0.457 e. The van der Waals surface area contributed by atoms with Gasteiger partial charge >= 0.3 is 0 Å². The van der Waals surface area contributed by atoms with Crippen LogP contribution >= 0.6 is 11.6 Å². The van der Waals surface area contributed by atoms with Crippen molar-refractivity contribution in [1.82, 2.24) is 0 Å². The standard InChI is InChI=1S/C15H14ClFO/c1-10-8-14(5-3-12(10)9-16)18-15-6-4-13(17)7-11(15)2/h3-8H,9H2,1-2H3. The fraction of sp³-hybridized carbons (Fsp3) is 0.200. The van der Waals surface area contributed by atoms with E-state index in [-0.39, 0.29) is 5.82 Å². The second kappa shape index (κ2) is 5.40. The van der Waals surface area contributed by atoms with Crippen LogP contribution < -0.4 is 4.74 Å². The van der Waals surface area contributed by atoms with Crippen LogP contribution in [0.4, 0.5) is 4.39 Å². The molecule has 0 aliphatic carbocycles. The van der Waals surface area contributed by atoms with Crippen molar-refractivity contribution < 1.29 is 9.13 Å². The maximum absolute atomic E-state index is 13.0.